The van der Waals surface area contributed by atoms with Crippen molar-refractivity contribution in [1.29, 1.82) is 0 Å². The molecule has 1 unspecified atom stereocenters. The quantitative estimate of drug-likeness (QED) is 0.929. The van der Waals surface area contributed by atoms with Gasteiger partial charge in [-0.05, 0) is 37.5 Å². The van der Waals surface area contributed by atoms with Crippen LogP contribution >= 0.6 is 11.6 Å². The van der Waals surface area contributed by atoms with Crippen LogP contribution < -0.4 is 5.73 Å². The molecule has 1 aliphatic rings. The zero-order valence-electron chi connectivity index (χ0n) is 10.2. The van der Waals surface area contributed by atoms with Crippen molar-refractivity contribution in [2.75, 3.05) is 6.26 Å². The average Bonchev–Trinajstić information content (AvgIpc) is 2.93. The van der Waals surface area contributed by atoms with Crippen LogP contribution in [0.25, 0.3) is 0 Å². The molecule has 0 aliphatic heterocycles. The summed E-state index contributed by atoms with van der Waals surface area (Å²) in [5.74, 6) is -0.799. The first-order chi connectivity index (χ1) is 8.18. The average molecular weight is 292 g/mol. The largest absolute Gasteiger partial charge is 0.327 e. The maximum absolute atomic E-state index is 13.9. The van der Waals surface area contributed by atoms with Crippen molar-refractivity contribution in [1.82, 2.24) is 0 Å². The minimum atomic E-state index is -3.66. The Balaban J connectivity index is 2.58. The highest BCUT2D eigenvalue weighted by atomic mass is 35.5. The molecule has 1 aromatic rings. The minimum absolute atomic E-state index is 0.0700. The van der Waals surface area contributed by atoms with E-state index in [-0.39, 0.29) is 16.5 Å². The van der Waals surface area contributed by atoms with E-state index in [9.17, 15) is 12.8 Å². The highest BCUT2D eigenvalue weighted by Crippen LogP contribution is 2.51. The fourth-order valence-corrected chi connectivity index (χ4v) is 3.80. The first kappa shape index (κ1) is 13.8. The molecule has 0 radical (unpaired) electrons. The Morgan fingerprint density at radius 2 is 2.00 bits per heavy atom. The van der Waals surface area contributed by atoms with Crippen molar-refractivity contribution >= 4 is 21.4 Å². The van der Waals surface area contributed by atoms with Crippen LogP contribution in [-0.2, 0) is 15.3 Å². The molecule has 3 nitrogen and oxygen atoms in total. The number of hydrogen-bond donors (Lipinski definition) is 1. The summed E-state index contributed by atoms with van der Waals surface area (Å²) in [6.45, 7) is 1.86. The zero-order valence-corrected chi connectivity index (χ0v) is 11.8. The molecule has 18 heavy (non-hydrogen) atoms. The van der Waals surface area contributed by atoms with Gasteiger partial charge in [-0.2, -0.15) is 0 Å². The molecular weight excluding hydrogens is 277 g/mol. The number of sulfone groups is 1. The lowest BCUT2D eigenvalue weighted by Crippen LogP contribution is -2.31. The minimum Gasteiger partial charge on any atom is -0.327 e. The van der Waals surface area contributed by atoms with Gasteiger partial charge >= 0.3 is 0 Å². The first-order valence-electron chi connectivity index (χ1n) is 5.63. The molecule has 1 aliphatic carbocycles. The Hall–Kier alpha value is -0.650. The standard InChI is InChI=1S/C12H15ClFNO2S/c1-7(15)12(3-4-12)8-5-9(13)11(10(14)6-8)18(2,16)17/h5-7H,3-4,15H2,1-2H3. The summed E-state index contributed by atoms with van der Waals surface area (Å²) in [5.41, 5.74) is 6.34. The van der Waals surface area contributed by atoms with E-state index in [0.29, 0.717) is 5.56 Å². The van der Waals surface area contributed by atoms with Crippen molar-refractivity contribution in [2.24, 2.45) is 5.73 Å². The van der Waals surface area contributed by atoms with Crippen molar-refractivity contribution in [3.63, 3.8) is 0 Å². The molecule has 0 aromatic heterocycles. The van der Waals surface area contributed by atoms with Crippen molar-refractivity contribution in [3.8, 4) is 0 Å². The Labute approximate surface area is 111 Å². The number of benzene rings is 1. The van der Waals surface area contributed by atoms with Gasteiger partial charge in [0.1, 0.15) is 10.7 Å². The monoisotopic (exact) mass is 291 g/mol. The summed E-state index contributed by atoms with van der Waals surface area (Å²) in [4.78, 5) is -0.437. The van der Waals surface area contributed by atoms with Crippen LogP contribution in [0.4, 0.5) is 4.39 Å². The zero-order chi connectivity index (χ0) is 13.7. The van der Waals surface area contributed by atoms with E-state index >= 15 is 0 Å². The smallest absolute Gasteiger partial charge is 0.179 e. The van der Waals surface area contributed by atoms with Crippen LogP contribution in [-0.4, -0.2) is 20.7 Å². The Bertz CT molecular complexity index is 571. The highest BCUT2D eigenvalue weighted by molar-refractivity contribution is 7.90. The molecule has 0 saturated heterocycles. The fourth-order valence-electron chi connectivity index (χ4n) is 2.34. The first-order valence-corrected chi connectivity index (χ1v) is 7.90. The summed E-state index contributed by atoms with van der Waals surface area (Å²) in [5, 5.41) is -0.0700. The van der Waals surface area contributed by atoms with Gasteiger partial charge in [-0.25, -0.2) is 12.8 Å². The maximum Gasteiger partial charge on any atom is 0.179 e. The van der Waals surface area contributed by atoms with Crippen LogP contribution in [0.3, 0.4) is 0 Å². The van der Waals surface area contributed by atoms with Gasteiger partial charge in [0.2, 0.25) is 0 Å². The lowest BCUT2D eigenvalue weighted by atomic mass is 9.89. The highest BCUT2D eigenvalue weighted by Gasteiger charge is 2.48. The van der Waals surface area contributed by atoms with Crippen LogP contribution in [0.5, 0.6) is 0 Å². The van der Waals surface area contributed by atoms with E-state index in [2.05, 4.69) is 0 Å². The summed E-state index contributed by atoms with van der Waals surface area (Å²) in [6, 6.07) is 2.66. The van der Waals surface area contributed by atoms with Gasteiger partial charge in [0.05, 0.1) is 5.02 Å². The van der Waals surface area contributed by atoms with Gasteiger partial charge in [-0.15, -0.1) is 0 Å². The second-order valence-electron chi connectivity index (χ2n) is 4.99. The third-order valence-electron chi connectivity index (χ3n) is 3.60. The van der Waals surface area contributed by atoms with Crippen LogP contribution in [0.2, 0.25) is 5.02 Å². The second kappa shape index (κ2) is 4.18. The van der Waals surface area contributed by atoms with Crippen LogP contribution in [0.1, 0.15) is 25.3 Å². The number of nitrogens with two attached hydrogens (primary N) is 1. The van der Waals surface area contributed by atoms with Crippen molar-refractivity contribution < 1.29 is 12.8 Å². The summed E-state index contributed by atoms with van der Waals surface area (Å²) in [6.07, 6.45) is 2.69. The topological polar surface area (TPSA) is 60.2 Å². The van der Waals surface area contributed by atoms with Gasteiger partial charge in [0, 0.05) is 17.7 Å². The molecule has 100 valence electrons. The molecule has 0 spiro atoms. The van der Waals surface area contributed by atoms with E-state index in [1.807, 2.05) is 6.92 Å². The number of halogens is 2. The van der Waals surface area contributed by atoms with Gasteiger partial charge in [-0.1, -0.05) is 11.6 Å². The molecule has 0 bridgehead atoms. The molecular formula is C12H15ClFNO2S. The summed E-state index contributed by atoms with van der Waals surface area (Å²) >= 11 is 5.90. The van der Waals surface area contributed by atoms with Crippen molar-refractivity contribution in [3.05, 3.63) is 28.5 Å². The van der Waals surface area contributed by atoms with Crippen LogP contribution in [0, 0.1) is 5.82 Å². The van der Waals surface area contributed by atoms with Gasteiger partial charge in [-0.3, -0.25) is 0 Å². The van der Waals surface area contributed by atoms with E-state index in [4.69, 9.17) is 17.3 Å². The molecule has 1 saturated carbocycles. The Kier molecular flexibility index (Phi) is 3.20. The summed E-state index contributed by atoms with van der Waals surface area (Å²) in [7, 11) is -3.66. The van der Waals surface area contributed by atoms with Crippen LogP contribution in [0.15, 0.2) is 17.0 Å². The van der Waals surface area contributed by atoms with Gasteiger partial charge in [0.15, 0.2) is 9.84 Å². The molecule has 1 aromatic carbocycles. The third kappa shape index (κ3) is 2.15. The molecule has 1 atom stereocenters. The number of rotatable bonds is 3. The lowest BCUT2D eigenvalue weighted by Gasteiger charge is -2.21. The van der Waals surface area contributed by atoms with Gasteiger partial charge < -0.3 is 5.73 Å². The molecule has 6 heteroatoms. The van der Waals surface area contributed by atoms with E-state index in [1.54, 1.807) is 0 Å². The molecule has 0 amide bonds. The van der Waals surface area contributed by atoms with E-state index in [1.165, 1.54) is 12.1 Å². The van der Waals surface area contributed by atoms with Crippen molar-refractivity contribution in [2.45, 2.75) is 36.1 Å². The van der Waals surface area contributed by atoms with E-state index < -0.39 is 20.5 Å². The SMILES string of the molecule is CC(N)C1(c2cc(F)c(S(C)(=O)=O)c(Cl)c2)CC1. The molecule has 0 heterocycles. The fraction of sp³-hybridized carbons (Fsp3) is 0.500. The molecule has 1 fully saturated rings. The predicted octanol–water partition coefficient (Wildman–Crippen LogP) is 2.26. The summed E-state index contributed by atoms with van der Waals surface area (Å²) < 4.78 is 36.8. The second-order valence-corrected chi connectivity index (χ2v) is 7.35. The molecule has 2 N–H and O–H groups in total. The maximum atomic E-state index is 13.9. The normalized spacial score (nSPS) is 19.6. The Morgan fingerprint density at radius 1 is 1.44 bits per heavy atom. The lowest BCUT2D eigenvalue weighted by molar-refractivity contribution is 0.539. The number of hydrogen-bond acceptors (Lipinski definition) is 3. The molecule has 2 rings (SSSR count). The predicted molar refractivity (Wildman–Crippen MR) is 69.1 cm³/mol. The van der Waals surface area contributed by atoms with Gasteiger partial charge in [0.25, 0.3) is 0 Å². The Morgan fingerprint density at radius 3 is 2.33 bits per heavy atom. The third-order valence-corrected chi connectivity index (χ3v) is 5.17. The van der Waals surface area contributed by atoms with E-state index in [0.717, 1.165) is 19.1 Å².